The number of hydrogen-bond donors (Lipinski definition) is 0. The Morgan fingerprint density at radius 2 is 1.89 bits per heavy atom. The lowest BCUT2D eigenvalue weighted by molar-refractivity contribution is -0.128. The molecule has 1 atom stereocenters. The van der Waals surface area contributed by atoms with E-state index >= 15 is 0 Å². The van der Waals surface area contributed by atoms with Gasteiger partial charge in [0.1, 0.15) is 0 Å². The lowest BCUT2D eigenvalue weighted by Gasteiger charge is -2.16. The first kappa shape index (κ1) is 18.1. The second-order valence-corrected chi connectivity index (χ2v) is 7.93. The molecule has 4 rings (SSSR count). The number of aromatic nitrogens is 2. The fourth-order valence-electron chi connectivity index (χ4n) is 3.08. The normalized spacial score (nSPS) is 16.9. The highest BCUT2D eigenvalue weighted by atomic mass is 35.5. The van der Waals surface area contributed by atoms with Crippen LogP contribution >= 0.6 is 23.4 Å². The topological polar surface area (TPSA) is 59.2 Å². The van der Waals surface area contributed by atoms with Crippen LogP contribution in [0.2, 0.25) is 5.02 Å². The maximum absolute atomic E-state index is 12.3. The van der Waals surface area contributed by atoms with Gasteiger partial charge in [0, 0.05) is 35.8 Å². The van der Waals surface area contributed by atoms with E-state index in [9.17, 15) is 4.79 Å². The van der Waals surface area contributed by atoms with Gasteiger partial charge in [0.2, 0.25) is 11.8 Å². The average molecular weight is 400 g/mol. The van der Waals surface area contributed by atoms with Crippen molar-refractivity contribution in [2.75, 3.05) is 12.3 Å². The average Bonchev–Trinajstić information content (AvgIpc) is 3.30. The standard InChI is InChI=1S/C20H18ClN3O2S/c21-17-8-6-14(7-9-17)11-24-12-15(10-18(24)25)13-27-20-23-22-19(26-20)16-4-2-1-3-5-16/h1-9,15H,10-13H2. The van der Waals surface area contributed by atoms with E-state index in [1.807, 2.05) is 59.5 Å². The zero-order valence-corrected chi connectivity index (χ0v) is 16.1. The fourth-order valence-corrected chi connectivity index (χ4v) is 4.05. The summed E-state index contributed by atoms with van der Waals surface area (Å²) in [6.45, 7) is 1.37. The van der Waals surface area contributed by atoms with Gasteiger partial charge in [-0.2, -0.15) is 0 Å². The Balaban J connectivity index is 1.31. The quantitative estimate of drug-likeness (QED) is 0.570. The highest BCUT2D eigenvalue weighted by Gasteiger charge is 2.30. The first-order valence-electron chi connectivity index (χ1n) is 8.71. The summed E-state index contributed by atoms with van der Waals surface area (Å²) in [6.07, 6.45) is 0.556. The van der Waals surface area contributed by atoms with Gasteiger partial charge >= 0.3 is 0 Å². The molecule has 5 nitrogen and oxygen atoms in total. The van der Waals surface area contributed by atoms with Crippen molar-refractivity contribution in [3.8, 4) is 11.5 Å². The Morgan fingerprint density at radius 1 is 1.11 bits per heavy atom. The van der Waals surface area contributed by atoms with Gasteiger partial charge in [-0.15, -0.1) is 10.2 Å². The van der Waals surface area contributed by atoms with Crippen LogP contribution in [0.25, 0.3) is 11.5 Å². The van der Waals surface area contributed by atoms with E-state index in [0.29, 0.717) is 29.1 Å². The van der Waals surface area contributed by atoms with E-state index in [2.05, 4.69) is 10.2 Å². The second-order valence-electron chi connectivity index (χ2n) is 6.52. The Morgan fingerprint density at radius 3 is 2.67 bits per heavy atom. The molecule has 1 aliphatic heterocycles. The minimum Gasteiger partial charge on any atom is -0.411 e. The monoisotopic (exact) mass is 399 g/mol. The van der Waals surface area contributed by atoms with Gasteiger partial charge in [-0.1, -0.05) is 53.7 Å². The van der Waals surface area contributed by atoms with Gasteiger partial charge < -0.3 is 9.32 Å². The number of nitrogens with zero attached hydrogens (tertiary/aromatic N) is 3. The Bertz CT molecular complexity index is 914. The minimum atomic E-state index is 0.186. The van der Waals surface area contributed by atoms with Crippen LogP contribution in [0.1, 0.15) is 12.0 Å². The lowest BCUT2D eigenvalue weighted by Crippen LogP contribution is -2.24. The predicted octanol–water partition coefficient (Wildman–Crippen LogP) is 4.53. The molecule has 1 saturated heterocycles. The number of carbonyl (C=O) groups is 1. The maximum Gasteiger partial charge on any atom is 0.276 e. The summed E-state index contributed by atoms with van der Waals surface area (Å²) in [5.74, 6) is 1.76. The van der Waals surface area contributed by atoms with Crippen molar-refractivity contribution in [1.82, 2.24) is 15.1 Å². The summed E-state index contributed by atoms with van der Waals surface area (Å²) in [7, 11) is 0. The Hall–Kier alpha value is -2.31. The van der Waals surface area contributed by atoms with Gasteiger partial charge in [-0.3, -0.25) is 4.79 Å². The third-order valence-electron chi connectivity index (χ3n) is 4.45. The first-order chi connectivity index (χ1) is 13.2. The highest BCUT2D eigenvalue weighted by Crippen LogP contribution is 2.28. The zero-order chi connectivity index (χ0) is 18.6. The van der Waals surface area contributed by atoms with Crippen LogP contribution in [0.4, 0.5) is 0 Å². The number of hydrogen-bond acceptors (Lipinski definition) is 5. The molecule has 0 bridgehead atoms. The van der Waals surface area contributed by atoms with Crippen molar-refractivity contribution < 1.29 is 9.21 Å². The molecule has 0 radical (unpaired) electrons. The summed E-state index contributed by atoms with van der Waals surface area (Å²) in [6, 6.07) is 17.3. The fraction of sp³-hybridized carbons (Fsp3) is 0.250. The lowest BCUT2D eigenvalue weighted by atomic mass is 10.1. The number of benzene rings is 2. The third-order valence-corrected chi connectivity index (χ3v) is 5.75. The number of carbonyl (C=O) groups excluding carboxylic acids is 1. The van der Waals surface area contributed by atoms with Crippen LogP contribution < -0.4 is 0 Å². The number of likely N-dealkylation sites (tertiary alicyclic amines) is 1. The summed E-state index contributed by atoms with van der Waals surface area (Å²) >= 11 is 7.43. The molecular weight excluding hydrogens is 382 g/mol. The van der Waals surface area contributed by atoms with Gasteiger partial charge in [-0.25, -0.2) is 0 Å². The molecule has 1 fully saturated rings. The molecule has 2 aromatic carbocycles. The van der Waals surface area contributed by atoms with Gasteiger partial charge in [-0.05, 0) is 35.7 Å². The second kappa shape index (κ2) is 8.15. The molecule has 3 aromatic rings. The van der Waals surface area contributed by atoms with Crippen molar-refractivity contribution in [2.45, 2.75) is 18.2 Å². The summed E-state index contributed by atoms with van der Waals surface area (Å²) in [4.78, 5) is 14.2. The number of halogens is 1. The number of amides is 1. The Kier molecular flexibility index (Phi) is 5.45. The summed E-state index contributed by atoms with van der Waals surface area (Å²) in [5, 5.41) is 9.44. The number of rotatable bonds is 6. The molecule has 27 heavy (non-hydrogen) atoms. The van der Waals surface area contributed by atoms with Crippen molar-refractivity contribution in [2.24, 2.45) is 5.92 Å². The van der Waals surface area contributed by atoms with Crippen LogP contribution in [0, 0.1) is 5.92 Å². The van der Waals surface area contributed by atoms with E-state index < -0.39 is 0 Å². The van der Waals surface area contributed by atoms with E-state index in [1.165, 1.54) is 11.8 Å². The Labute approximate surface area is 166 Å². The molecular formula is C20H18ClN3O2S. The highest BCUT2D eigenvalue weighted by molar-refractivity contribution is 7.99. The van der Waals surface area contributed by atoms with Gasteiger partial charge in [0.05, 0.1) is 0 Å². The van der Waals surface area contributed by atoms with Crippen LogP contribution in [0.15, 0.2) is 64.2 Å². The molecule has 1 unspecified atom stereocenters. The molecule has 2 heterocycles. The molecule has 0 aliphatic carbocycles. The number of thioether (sulfide) groups is 1. The van der Waals surface area contributed by atoms with Crippen LogP contribution in [-0.2, 0) is 11.3 Å². The van der Waals surface area contributed by atoms with Gasteiger partial charge in [0.25, 0.3) is 5.22 Å². The van der Waals surface area contributed by atoms with Crippen molar-refractivity contribution in [1.29, 1.82) is 0 Å². The van der Waals surface area contributed by atoms with Crippen LogP contribution in [0.5, 0.6) is 0 Å². The predicted molar refractivity (Wildman–Crippen MR) is 105 cm³/mol. The smallest absolute Gasteiger partial charge is 0.276 e. The molecule has 0 spiro atoms. The molecule has 1 aromatic heterocycles. The molecule has 138 valence electrons. The molecule has 0 N–H and O–H groups in total. The summed E-state index contributed by atoms with van der Waals surface area (Å²) in [5.41, 5.74) is 1.99. The van der Waals surface area contributed by atoms with E-state index in [1.54, 1.807) is 0 Å². The third kappa shape index (κ3) is 4.51. The molecule has 0 saturated carbocycles. The van der Waals surface area contributed by atoms with Crippen molar-refractivity contribution in [3.05, 3.63) is 65.2 Å². The van der Waals surface area contributed by atoms with E-state index in [-0.39, 0.29) is 11.8 Å². The van der Waals surface area contributed by atoms with Crippen molar-refractivity contribution >= 4 is 29.3 Å². The van der Waals surface area contributed by atoms with Crippen LogP contribution in [0.3, 0.4) is 0 Å². The maximum atomic E-state index is 12.3. The van der Waals surface area contributed by atoms with Crippen LogP contribution in [-0.4, -0.2) is 33.3 Å². The summed E-state index contributed by atoms with van der Waals surface area (Å²) < 4.78 is 5.72. The minimum absolute atomic E-state index is 0.186. The largest absolute Gasteiger partial charge is 0.411 e. The van der Waals surface area contributed by atoms with Crippen molar-refractivity contribution in [3.63, 3.8) is 0 Å². The van der Waals surface area contributed by atoms with E-state index in [0.717, 1.165) is 23.4 Å². The first-order valence-corrected chi connectivity index (χ1v) is 10.1. The van der Waals surface area contributed by atoms with Gasteiger partial charge in [0.15, 0.2) is 0 Å². The zero-order valence-electron chi connectivity index (χ0n) is 14.5. The molecule has 1 amide bonds. The SMILES string of the molecule is O=C1CC(CSc2nnc(-c3ccccc3)o2)CN1Cc1ccc(Cl)cc1. The molecule has 1 aliphatic rings. The van der Waals surface area contributed by atoms with E-state index in [4.69, 9.17) is 16.0 Å². The molecule has 7 heteroatoms.